The molecule has 2 aliphatic rings. The van der Waals surface area contributed by atoms with Crippen LogP contribution in [0.15, 0.2) is 11.2 Å². The van der Waals surface area contributed by atoms with Crippen LogP contribution in [0.2, 0.25) is 0 Å². The van der Waals surface area contributed by atoms with Crippen molar-refractivity contribution in [2.45, 2.75) is 45.1 Å². The molecule has 0 bridgehead atoms. The van der Waals surface area contributed by atoms with Gasteiger partial charge in [-0.3, -0.25) is 0 Å². The highest BCUT2D eigenvalue weighted by molar-refractivity contribution is 5.91. The molecule has 1 aliphatic heterocycles. The summed E-state index contributed by atoms with van der Waals surface area (Å²) in [6.07, 6.45) is 8.26. The second-order valence-corrected chi connectivity index (χ2v) is 4.40. The molecular formula is C11H15N3. The van der Waals surface area contributed by atoms with Crippen LogP contribution in [-0.4, -0.2) is 15.5 Å². The van der Waals surface area contributed by atoms with Crippen LogP contribution in [0.25, 0.3) is 0 Å². The first-order chi connectivity index (χ1) is 6.84. The minimum Gasteiger partial charge on any atom is -0.244 e. The third-order valence-corrected chi connectivity index (χ3v) is 3.26. The third-order valence-electron chi connectivity index (χ3n) is 3.26. The summed E-state index contributed by atoms with van der Waals surface area (Å²) in [7, 11) is 0. The van der Waals surface area contributed by atoms with E-state index in [1.54, 1.807) is 0 Å². The largest absolute Gasteiger partial charge is 0.244 e. The molecule has 3 heteroatoms. The maximum Gasteiger partial charge on any atom is 0.154 e. The summed E-state index contributed by atoms with van der Waals surface area (Å²) in [4.78, 5) is 4.57. The summed E-state index contributed by atoms with van der Waals surface area (Å²) in [5.41, 5.74) is 2.54. The minimum atomic E-state index is 0.619. The van der Waals surface area contributed by atoms with E-state index in [4.69, 9.17) is 0 Å². The quantitative estimate of drug-likeness (QED) is 0.668. The van der Waals surface area contributed by atoms with E-state index in [0.29, 0.717) is 6.04 Å². The fourth-order valence-corrected chi connectivity index (χ4v) is 2.55. The Morgan fingerprint density at radius 1 is 1.36 bits per heavy atom. The van der Waals surface area contributed by atoms with E-state index in [2.05, 4.69) is 21.7 Å². The Morgan fingerprint density at radius 3 is 2.93 bits per heavy atom. The fraction of sp³-hybridized carbons (Fsp3) is 0.636. The Balaban J connectivity index is 1.99. The van der Waals surface area contributed by atoms with E-state index in [1.807, 2.05) is 6.20 Å². The van der Waals surface area contributed by atoms with Gasteiger partial charge in [0.05, 0.1) is 12.2 Å². The van der Waals surface area contributed by atoms with Crippen LogP contribution in [-0.2, 0) is 6.42 Å². The molecule has 74 valence electrons. The normalized spacial score (nSPS) is 21.4. The summed E-state index contributed by atoms with van der Waals surface area (Å²) >= 11 is 0. The van der Waals surface area contributed by atoms with E-state index in [-0.39, 0.29) is 0 Å². The molecule has 0 unspecified atom stereocenters. The van der Waals surface area contributed by atoms with Crippen molar-refractivity contribution < 1.29 is 0 Å². The average molecular weight is 189 g/mol. The van der Waals surface area contributed by atoms with Crippen molar-refractivity contribution in [3.8, 4) is 0 Å². The van der Waals surface area contributed by atoms with Gasteiger partial charge in [-0.25, -0.2) is 9.67 Å². The maximum absolute atomic E-state index is 4.57. The van der Waals surface area contributed by atoms with Gasteiger partial charge in [0.2, 0.25) is 0 Å². The predicted molar refractivity (Wildman–Crippen MR) is 56.2 cm³/mol. The number of hydrogen-bond donors (Lipinski definition) is 0. The van der Waals surface area contributed by atoms with Gasteiger partial charge in [-0.1, -0.05) is 12.8 Å². The minimum absolute atomic E-state index is 0.619. The highest BCUT2D eigenvalue weighted by Gasteiger charge is 2.24. The molecule has 0 radical (unpaired) electrons. The van der Waals surface area contributed by atoms with Gasteiger partial charge >= 0.3 is 0 Å². The summed E-state index contributed by atoms with van der Waals surface area (Å²) in [6, 6.07) is 0.619. The number of hydrogen-bond acceptors (Lipinski definition) is 2. The summed E-state index contributed by atoms with van der Waals surface area (Å²) in [5, 5.41) is 4.46. The van der Waals surface area contributed by atoms with E-state index >= 15 is 0 Å². The first kappa shape index (κ1) is 8.21. The van der Waals surface area contributed by atoms with Gasteiger partial charge in [-0.05, 0) is 19.8 Å². The highest BCUT2D eigenvalue weighted by atomic mass is 15.3. The smallest absolute Gasteiger partial charge is 0.154 e. The Labute approximate surface area is 83.8 Å². The van der Waals surface area contributed by atoms with Crippen LogP contribution < -0.4 is 0 Å². The molecule has 14 heavy (non-hydrogen) atoms. The zero-order valence-corrected chi connectivity index (χ0v) is 8.53. The molecule has 1 saturated carbocycles. The number of aromatic nitrogens is 2. The van der Waals surface area contributed by atoms with Crippen LogP contribution in [0.1, 0.15) is 44.2 Å². The van der Waals surface area contributed by atoms with Crippen LogP contribution >= 0.6 is 0 Å². The van der Waals surface area contributed by atoms with Crippen LogP contribution in [0.3, 0.4) is 0 Å². The molecule has 1 fully saturated rings. The van der Waals surface area contributed by atoms with Gasteiger partial charge in [0.25, 0.3) is 0 Å². The van der Waals surface area contributed by atoms with Gasteiger partial charge in [0.1, 0.15) is 0 Å². The lowest BCUT2D eigenvalue weighted by atomic mass is 10.2. The summed E-state index contributed by atoms with van der Waals surface area (Å²) in [6.45, 7) is 2.10. The Bertz CT molecular complexity index is 383. The summed E-state index contributed by atoms with van der Waals surface area (Å²) < 4.78 is 2.15. The molecule has 0 amide bonds. The monoisotopic (exact) mass is 189 g/mol. The fourth-order valence-electron chi connectivity index (χ4n) is 2.55. The van der Waals surface area contributed by atoms with Gasteiger partial charge in [-0.15, -0.1) is 0 Å². The molecule has 1 aromatic heterocycles. The van der Waals surface area contributed by atoms with E-state index in [0.717, 1.165) is 12.2 Å². The maximum atomic E-state index is 4.57. The molecule has 0 atom stereocenters. The number of fused-ring (bicyclic) bond motifs is 1. The molecular weight excluding hydrogens is 174 g/mol. The Morgan fingerprint density at radius 2 is 2.14 bits per heavy atom. The van der Waals surface area contributed by atoms with Crippen molar-refractivity contribution in [3.05, 3.63) is 11.8 Å². The molecule has 0 spiro atoms. The molecule has 3 rings (SSSR count). The Hall–Kier alpha value is -1.12. The van der Waals surface area contributed by atoms with E-state index < -0.39 is 0 Å². The van der Waals surface area contributed by atoms with Gasteiger partial charge in [-0.2, -0.15) is 5.10 Å². The van der Waals surface area contributed by atoms with Gasteiger partial charge < -0.3 is 0 Å². The third kappa shape index (κ3) is 1.11. The lowest BCUT2D eigenvalue weighted by Crippen LogP contribution is -2.05. The standard InChI is InChI=1S/C11H15N3/c1-8-6-9-7-12-14(11(9)13-8)10-4-2-3-5-10/h7,10H,2-6H2,1H3. The van der Waals surface area contributed by atoms with Crippen molar-refractivity contribution in [2.24, 2.45) is 4.99 Å². The number of aliphatic imine (C=N–C) groups is 1. The molecule has 0 aromatic carbocycles. The predicted octanol–water partition coefficient (Wildman–Crippen LogP) is 2.65. The topological polar surface area (TPSA) is 30.2 Å². The van der Waals surface area contributed by atoms with Crippen molar-refractivity contribution in [1.82, 2.24) is 9.78 Å². The van der Waals surface area contributed by atoms with Crippen molar-refractivity contribution in [1.29, 1.82) is 0 Å². The molecule has 0 saturated heterocycles. The van der Waals surface area contributed by atoms with Gasteiger partial charge in [0, 0.05) is 17.7 Å². The lowest BCUT2D eigenvalue weighted by Gasteiger charge is -2.10. The zero-order chi connectivity index (χ0) is 9.54. The van der Waals surface area contributed by atoms with Crippen LogP contribution in [0.5, 0.6) is 0 Å². The SMILES string of the molecule is CC1=Nc2c(cnn2C2CCCC2)C1. The number of nitrogens with zero attached hydrogens (tertiary/aromatic N) is 3. The molecule has 3 nitrogen and oxygen atoms in total. The van der Waals surface area contributed by atoms with E-state index in [1.165, 1.54) is 37.0 Å². The second kappa shape index (κ2) is 2.94. The Kier molecular flexibility index (Phi) is 1.72. The number of rotatable bonds is 1. The van der Waals surface area contributed by atoms with E-state index in [9.17, 15) is 0 Å². The zero-order valence-electron chi connectivity index (χ0n) is 8.53. The molecule has 1 aliphatic carbocycles. The average Bonchev–Trinajstić information content (AvgIpc) is 2.77. The van der Waals surface area contributed by atoms with Crippen LogP contribution in [0, 0.1) is 0 Å². The molecule has 0 N–H and O–H groups in total. The van der Waals surface area contributed by atoms with Crippen molar-refractivity contribution in [3.63, 3.8) is 0 Å². The second-order valence-electron chi connectivity index (χ2n) is 4.40. The van der Waals surface area contributed by atoms with Gasteiger partial charge in [0.15, 0.2) is 5.82 Å². The first-order valence-corrected chi connectivity index (χ1v) is 5.45. The first-order valence-electron chi connectivity index (χ1n) is 5.45. The van der Waals surface area contributed by atoms with Crippen molar-refractivity contribution >= 4 is 11.5 Å². The molecule has 2 heterocycles. The highest BCUT2D eigenvalue weighted by Crippen LogP contribution is 2.35. The molecule has 1 aromatic rings. The van der Waals surface area contributed by atoms with Crippen LogP contribution in [0.4, 0.5) is 5.82 Å². The lowest BCUT2D eigenvalue weighted by molar-refractivity contribution is 0.471. The summed E-state index contributed by atoms with van der Waals surface area (Å²) in [5.74, 6) is 1.13. The van der Waals surface area contributed by atoms with Crippen molar-refractivity contribution in [2.75, 3.05) is 0 Å².